The van der Waals surface area contributed by atoms with Gasteiger partial charge in [0.15, 0.2) is 0 Å². The molecule has 1 N–H and O–H groups in total. The molecule has 1 saturated carbocycles. The van der Waals surface area contributed by atoms with E-state index in [-0.39, 0.29) is 12.0 Å². The summed E-state index contributed by atoms with van der Waals surface area (Å²) < 4.78 is 13.1. The Kier molecular flexibility index (Phi) is 3.31. The zero-order chi connectivity index (χ0) is 8.27. The third kappa shape index (κ3) is 2.44. The van der Waals surface area contributed by atoms with Crippen molar-refractivity contribution in [3.05, 3.63) is 0 Å². The molecule has 0 aliphatic heterocycles. The van der Waals surface area contributed by atoms with Gasteiger partial charge in [0.1, 0.15) is 6.17 Å². The molecule has 0 saturated heterocycles. The SMILES string of the molecule is CCCC1CCC(O)CC1F. The lowest BCUT2D eigenvalue weighted by atomic mass is 9.83. The quantitative estimate of drug-likeness (QED) is 0.657. The van der Waals surface area contributed by atoms with Gasteiger partial charge in [0.25, 0.3) is 0 Å². The van der Waals surface area contributed by atoms with Crippen LogP contribution < -0.4 is 0 Å². The van der Waals surface area contributed by atoms with Crippen LogP contribution in [0.2, 0.25) is 0 Å². The third-order valence-electron chi connectivity index (χ3n) is 2.54. The predicted octanol–water partition coefficient (Wildman–Crippen LogP) is 2.29. The Labute approximate surface area is 67.6 Å². The number of hydrogen-bond donors (Lipinski definition) is 1. The minimum atomic E-state index is -0.751. The van der Waals surface area contributed by atoms with Crippen LogP contribution in [0.5, 0.6) is 0 Å². The van der Waals surface area contributed by atoms with Crippen LogP contribution in [0.15, 0.2) is 0 Å². The van der Waals surface area contributed by atoms with Crippen LogP contribution in [0, 0.1) is 5.92 Å². The van der Waals surface area contributed by atoms with Gasteiger partial charge in [0.05, 0.1) is 6.10 Å². The van der Waals surface area contributed by atoms with Crippen LogP contribution in [0.4, 0.5) is 4.39 Å². The molecule has 1 aliphatic carbocycles. The van der Waals surface area contributed by atoms with Gasteiger partial charge in [-0.05, 0) is 25.2 Å². The minimum absolute atomic E-state index is 0.225. The van der Waals surface area contributed by atoms with E-state index in [9.17, 15) is 4.39 Å². The summed E-state index contributed by atoms with van der Waals surface area (Å²) >= 11 is 0. The van der Waals surface area contributed by atoms with Crippen molar-refractivity contribution in [2.75, 3.05) is 0 Å². The highest BCUT2D eigenvalue weighted by molar-refractivity contribution is 4.79. The maximum atomic E-state index is 13.1. The molecule has 3 atom stereocenters. The second-order valence-corrected chi connectivity index (χ2v) is 3.53. The van der Waals surface area contributed by atoms with Gasteiger partial charge in [-0.25, -0.2) is 4.39 Å². The number of aliphatic hydroxyl groups excluding tert-OH is 1. The summed E-state index contributed by atoms with van der Waals surface area (Å²) in [5.41, 5.74) is 0. The fourth-order valence-corrected chi connectivity index (χ4v) is 1.85. The van der Waals surface area contributed by atoms with Gasteiger partial charge in [0.2, 0.25) is 0 Å². The van der Waals surface area contributed by atoms with Crippen LogP contribution in [0.3, 0.4) is 0 Å². The highest BCUT2D eigenvalue weighted by Crippen LogP contribution is 2.30. The van der Waals surface area contributed by atoms with E-state index in [2.05, 4.69) is 6.92 Å². The van der Waals surface area contributed by atoms with Gasteiger partial charge < -0.3 is 5.11 Å². The van der Waals surface area contributed by atoms with Crippen molar-refractivity contribution < 1.29 is 9.50 Å². The fourth-order valence-electron chi connectivity index (χ4n) is 1.85. The Hall–Kier alpha value is -0.110. The summed E-state index contributed by atoms with van der Waals surface area (Å²) in [6.45, 7) is 2.08. The molecule has 0 aromatic rings. The Bertz CT molecular complexity index is 116. The van der Waals surface area contributed by atoms with Gasteiger partial charge in [-0.3, -0.25) is 0 Å². The van der Waals surface area contributed by atoms with Crippen molar-refractivity contribution in [3.8, 4) is 0 Å². The van der Waals surface area contributed by atoms with Gasteiger partial charge >= 0.3 is 0 Å². The summed E-state index contributed by atoms with van der Waals surface area (Å²) in [6, 6.07) is 0. The average molecular weight is 160 g/mol. The molecule has 0 radical (unpaired) electrons. The van der Waals surface area contributed by atoms with Crippen molar-refractivity contribution in [1.29, 1.82) is 0 Å². The molecule has 0 amide bonds. The van der Waals surface area contributed by atoms with E-state index in [0.29, 0.717) is 6.42 Å². The van der Waals surface area contributed by atoms with E-state index in [0.717, 1.165) is 25.7 Å². The van der Waals surface area contributed by atoms with Gasteiger partial charge in [-0.1, -0.05) is 13.3 Å². The maximum Gasteiger partial charge on any atom is 0.105 e. The molecule has 0 aromatic heterocycles. The van der Waals surface area contributed by atoms with Crippen LogP contribution in [0.1, 0.15) is 39.0 Å². The molecule has 1 nitrogen and oxygen atoms in total. The first-order chi connectivity index (χ1) is 5.24. The summed E-state index contributed by atoms with van der Waals surface area (Å²) in [5.74, 6) is 0.225. The summed E-state index contributed by atoms with van der Waals surface area (Å²) in [5, 5.41) is 9.13. The lowest BCUT2D eigenvalue weighted by Gasteiger charge is -2.28. The molecule has 2 heteroatoms. The zero-order valence-electron chi connectivity index (χ0n) is 7.09. The molecule has 0 aromatic carbocycles. The number of hydrogen-bond acceptors (Lipinski definition) is 1. The van der Waals surface area contributed by atoms with Crippen molar-refractivity contribution in [1.82, 2.24) is 0 Å². The standard InChI is InChI=1S/C9H17FO/c1-2-3-7-4-5-8(11)6-9(7)10/h7-9,11H,2-6H2,1H3. The maximum absolute atomic E-state index is 13.1. The normalized spacial score (nSPS) is 39.0. The highest BCUT2D eigenvalue weighted by atomic mass is 19.1. The fraction of sp³-hybridized carbons (Fsp3) is 1.00. The van der Waals surface area contributed by atoms with E-state index >= 15 is 0 Å². The number of aliphatic hydroxyl groups is 1. The zero-order valence-corrected chi connectivity index (χ0v) is 7.09. The molecule has 0 heterocycles. The molecular formula is C9H17FO. The average Bonchev–Trinajstić information content (AvgIpc) is 1.95. The molecule has 1 rings (SSSR count). The van der Waals surface area contributed by atoms with Crippen molar-refractivity contribution in [2.24, 2.45) is 5.92 Å². The highest BCUT2D eigenvalue weighted by Gasteiger charge is 2.28. The molecule has 1 aliphatic rings. The van der Waals surface area contributed by atoms with Gasteiger partial charge in [0, 0.05) is 6.42 Å². The molecule has 0 bridgehead atoms. The minimum Gasteiger partial charge on any atom is -0.393 e. The molecule has 11 heavy (non-hydrogen) atoms. The first-order valence-electron chi connectivity index (χ1n) is 4.56. The van der Waals surface area contributed by atoms with Gasteiger partial charge in [-0.2, -0.15) is 0 Å². The first-order valence-corrected chi connectivity index (χ1v) is 4.56. The number of alkyl halides is 1. The van der Waals surface area contributed by atoms with Crippen LogP contribution in [-0.4, -0.2) is 17.4 Å². The molecule has 1 fully saturated rings. The van der Waals surface area contributed by atoms with Crippen LogP contribution in [0.25, 0.3) is 0 Å². The molecule has 66 valence electrons. The van der Waals surface area contributed by atoms with Crippen LogP contribution in [-0.2, 0) is 0 Å². The van der Waals surface area contributed by atoms with Gasteiger partial charge in [-0.15, -0.1) is 0 Å². The third-order valence-corrected chi connectivity index (χ3v) is 2.54. The van der Waals surface area contributed by atoms with E-state index in [1.807, 2.05) is 0 Å². The molecule has 0 spiro atoms. The molecule has 3 unspecified atom stereocenters. The van der Waals surface area contributed by atoms with Crippen LogP contribution >= 0.6 is 0 Å². The topological polar surface area (TPSA) is 20.2 Å². The van der Waals surface area contributed by atoms with E-state index < -0.39 is 6.17 Å². The number of halogens is 1. The monoisotopic (exact) mass is 160 g/mol. The lowest BCUT2D eigenvalue weighted by Crippen LogP contribution is -2.28. The summed E-state index contributed by atoms with van der Waals surface area (Å²) in [7, 11) is 0. The Morgan fingerprint density at radius 2 is 2.18 bits per heavy atom. The lowest BCUT2D eigenvalue weighted by molar-refractivity contribution is 0.0452. The summed E-state index contributed by atoms with van der Waals surface area (Å²) in [4.78, 5) is 0. The van der Waals surface area contributed by atoms with E-state index in [4.69, 9.17) is 5.11 Å². The molecular weight excluding hydrogens is 143 g/mol. The summed E-state index contributed by atoms with van der Waals surface area (Å²) in [6.07, 6.45) is 2.94. The Morgan fingerprint density at radius 3 is 2.73 bits per heavy atom. The predicted molar refractivity (Wildman–Crippen MR) is 43.2 cm³/mol. The van der Waals surface area contributed by atoms with Crippen molar-refractivity contribution in [3.63, 3.8) is 0 Å². The van der Waals surface area contributed by atoms with Crippen molar-refractivity contribution in [2.45, 2.75) is 51.3 Å². The number of rotatable bonds is 2. The second-order valence-electron chi connectivity index (χ2n) is 3.53. The Balaban J connectivity index is 2.31. The van der Waals surface area contributed by atoms with E-state index in [1.165, 1.54) is 0 Å². The Morgan fingerprint density at radius 1 is 1.45 bits per heavy atom. The largest absolute Gasteiger partial charge is 0.393 e. The van der Waals surface area contributed by atoms with Crippen molar-refractivity contribution >= 4 is 0 Å². The second kappa shape index (κ2) is 4.05. The first kappa shape index (κ1) is 8.98. The smallest absolute Gasteiger partial charge is 0.105 e. The van der Waals surface area contributed by atoms with E-state index in [1.54, 1.807) is 0 Å².